The minimum Gasteiger partial charge on any atom is -0.375 e. The lowest BCUT2D eigenvalue weighted by molar-refractivity contribution is -0.129. The Balaban J connectivity index is 1.41. The number of rotatable bonds is 23. The van der Waals surface area contributed by atoms with E-state index in [1.807, 2.05) is 51.1 Å². The number of nitrogens with two attached hydrogens (primary N) is 1. The first-order valence-electron chi connectivity index (χ1n) is 17.2. The Labute approximate surface area is 279 Å². The molecule has 0 bridgehead atoms. The predicted molar refractivity (Wildman–Crippen MR) is 184 cm³/mol. The molecule has 47 heavy (non-hydrogen) atoms. The van der Waals surface area contributed by atoms with Crippen molar-refractivity contribution in [2.45, 2.75) is 84.8 Å². The fourth-order valence-electron chi connectivity index (χ4n) is 5.63. The van der Waals surface area contributed by atoms with Crippen LogP contribution in [0, 0.1) is 17.8 Å². The topological polar surface area (TPSA) is 152 Å². The second-order valence-electron chi connectivity index (χ2n) is 12.2. The molecule has 3 rings (SSSR count). The number of primary amides is 1. The maximum atomic E-state index is 13.3. The van der Waals surface area contributed by atoms with Crippen LogP contribution in [0.25, 0.3) is 0 Å². The maximum Gasteiger partial charge on any atom is 0.223 e. The van der Waals surface area contributed by atoms with E-state index in [0.29, 0.717) is 65.0 Å². The molecule has 0 spiro atoms. The van der Waals surface area contributed by atoms with Gasteiger partial charge in [0.05, 0.1) is 18.9 Å². The molecule has 2 aromatic rings. The van der Waals surface area contributed by atoms with Gasteiger partial charge in [0.25, 0.3) is 0 Å². The number of carbonyl (C=O) groups is 4. The highest BCUT2D eigenvalue weighted by atomic mass is 16.5. The number of carbonyl (C=O) groups excluding carboxylic acids is 4. The van der Waals surface area contributed by atoms with Crippen molar-refractivity contribution in [3.63, 3.8) is 0 Å². The second-order valence-corrected chi connectivity index (χ2v) is 12.2. The standard InChI is InChI=1S/C37H53N5O5/c1-4-27(35(38)44)23-31(24-28(5-2)36(45)40-20-12-8-11-19-39-32(43)6-3)37(46)41-21-22-47-25-26-15-17-30(18-16-26)34-33(42-34)29-13-9-7-10-14-29/h7,9-10,13-18,27-28,31,33H,4-6,8,11-12,19-25H2,1-3H3,(H2,38,44)(H,39,43)(H,40,45)(H,41,46). The van der Waals surface area contributed by atoms with Gasteiger partial charge >= 0.3 is 0 Å². The number of nitrogens with one attached hydrogen (secondary N) is 3. The molecule has 0 saturated heterocycles. The van der Waals surface area contributed by atoms with E-state index in [9.17, 15) is 19.2 Å². The van der Waals surface area contributed by atoms with Crippen molar-refractivity contribution in [2.75, 3.05) is 26.2 Å². The lowest BCUT2D eigenvalue weighted by Crippen LogP contribution is -2.39. The average molecular weight is 648 g/mol. The van der Waals surface area contributed by atoms with Crippen LogP contribution in [-0.4, -0.2) is 55.6 Å². The van der Waals surface area contributed by atoms with Crippen molar-refractivity contribution >= 4 is 29.3 Å². The summed E-state index contributed by atoms with van der Waals surface area (Å²) < 4.78 is 5.83. The predicted octanol–water partition coefficient (Wildman–Crippen LogP) is 4.61. The van der Waals surface area contributed by atoms with Crippen molar-refractivity contribution < 1.29 is 23.9 Å². The number of hydrogen-bond donors (Lipinski definition) is 4. The van der Waals surface area contributed by atoms with Crippen LogP contribution >= 0.6 is 0 Å². The van der Waals surface area contributed by atoms with E-state index in [-0.39, 0.29) is 29.7 Å². The molecule has 0 fully saturated rings. The molecule has 0 radical (unpaired) electrons. The Kier molecular flexibility index (Phi) is 16.1. The van der Waals surface area contributed by atoms with Crippen molar-refractivity contribution in [2.24, 2.45) is 28.5 Å². The van der Waals surface area contributed by atoms with Gasteiger partial charge in [0.1, 0.15) is 6.04 Å². The Hall–Kier alpha value is -4.05. The molecule has 2 aromatic carbocycles. The average Bonchev–Trinajstić information content (AvgIpc) is 3.89. The summed E-state index contributed by atoms with van der Waals surface area (Å²) in [6, 6.07) is 18.6. The SMILES string of the molecule is CCC(=O)NCCCCCNC(=O)C(CC)CC(CC(CC)C(N)=O)C(=O)NCCOCc1ccc(C2=NC2c2ccccc2)cc1. The first-order valence-corrected chi connectivity index (χ1v) is 17.2. The molecule has 4 unspecified atom stereocenters. The summed E-state index contributed by atoms with van der Waals surface area (Å²) in [7, 11) is 0. The smallest absolute Gasteiger partial charge is 0.223 e. The van der Waals surface area contributed by atoms with Gasteiger partial charge in [-0.05, 0) is 61.6 Å². The molecular weight excluding hydrogens is 594 g/mol. The molecule has 10 nitrogen and oxygen atoms in total. The minimum absolute atomic E-state index is 0.0420. The summed E-state index contributed by atoms with van der Waals surface area (Å²) in [4.78, 5) is 54.3. The molecule has 0 aromatic heterocycles. The van der Waals surface area contributed by atoms with E-state index < -0.39 is 17.7 Å². The summed E-state index contributed by atoms with van der Waals surface area (Å²) in [6.07, 6.45) is 4.77. The number of amides is 4. The number of unbranched alkanes of at least 4 members (excludes halogenated alkanes) is 2. The Morgan fingerprint density at radius 3 is 2.02 bits per heavy atom. The van der Waals surface area contributed by atoms with Crippen LogP contribution in [0.5, 0.6) is 0 Å². The summed E-state index contributed by atoms with van der Waals surface area (Å²) >= 11 is 0. The van der Waals surface area contributed by atoms with E-state index in [1.54, 1.807) is 0 Å². The zero-order chi connectivity index (χ0) is 34.0. The number of nitrogens with zero attached hydrogens (tertiary/aromatic N) is 1. The largest absolute Gasteiger partial charge is 0.375 e. The third kappa shape index (κ3) is 12.9. The van der Waals surface area contributed by atoms with E-state index in [1.165, 1.54) is 5.56 Å². The lowest BCUT2D eigenvalue weighted by atomic mass is 9.83. The molecule has 10 heteroatoms. The first-order chi connectivity index (χ1) is 22.8. The number of aliphatic imine (C=N–C) groups is 1. The summed E-state index contributed by atoms with van der Waals surface area (Å²) in [6.45, 7) is 7.87. The minimum atomic E-state index is -0.525. The summed E-state index contributed by atoms with van der Waals surface area (Å²) in [5.41, 5.74) is 10.0. The van der Waals surface area contributed by atoms with Gasteiger partial charge in [-0.15, -0.1) is 0 Å². The molecule has 4 amide bonds. The van der Waals surface area contributed by atoms with Gasteiger partial charge in [-0.3, -0.25) is 24.2 Å². The third-order valence-electron chi connectivity index (χ3n) is 8.70. The van der Waals surface area contributed by atoms with Gasteiger partial charge in [-0.1, -0.05) is 75.4 Å². The molecule has 1 aliphatic heterocycles. The highest BCUT2D eigenvalue weighted by molar-refractivity contribution is 6.13. The maximum absolute atomic E-state index is 13.3. The summed E-state index contributed by atoms with van der Waals surface area (Å²) in [5.74, 6) is -2.00. The normalized spacial score (nSPS) is 15.6. The molecule has 1 aliphatic rings. The van der Waals surface area contributed by atoms with Gasteiger partial charge in [0.15, 0.2) is 0 Å². The first kappa shape index (κ1) is 37.4. The van der Waals surface area contributed by atoms with Gasteiger partial charge in [-0.25, -0.2) is 0 Å². The highest BCUT2D eigenvalue weighted by Crippen LogP contribution is 2.34. The van der Waals surface area contributed by atoms with Crippen molar-refractivity contribution in [3.8, 4) is 0 Å². The van der Waals surface area contributed by atoms with Gasteiger partial charge in [-0.2, -0.15) is 0 Å². The zero-order valence-corrected chi connectivity index (χ0v) is 28.3. The van der Waals surface area contributed by atoms with Crippen LogP contribution in [0.15, 0.2) is 59.6 Å². The van der Waals surface area contributed by atoms with Crippen LogP contribution in [0.1, 0.15) is 94.9 Å². The van der Waals surface area contributed by atoms with Crippen molar-refractivity contribution in [3.05, 3.63) is 71.3 Å². The number of hydrogen-bond acceptors (Lipinski definition) is 6. The van der Waals surface area contributed by atoms with Crippen molar-refractivity contribution in [1.29, 1.82) is 0 Å². The number of ether oxygens (including phenoxy) is 1. The van der Waals surface area contributed by atoms with Gasteiger partial charge < -0.3 is 26.4 Å². The van der Waals surface area contributed by atoms with Crippen LogP contribution in [0.2, 0.25) is 0 Å². The monoisotopic (exact) mass is 647 g/mol. The van der Waals surface area contributed by atoms with Gasteiger partial charge in [0, 0.05) is 43.8 Å². The van der Waals surface area contributed by atoms with Gasteiger partial charge in [0.2, 0.25) is 23.6 Å². The molecule has 4 atom stereocenters. The quantitative estimate of drug-likeness (QED) is 0.130. The molecule has 1 heterocycles. The fraction of sp³-hybridized carbons (Fsp3) is 0.541. The Bertz CT molecular complexity index is 1310. The fourth-order valence-corrected chi connectivity index (χ4v) is 5.63. The molecule has 0 aliphatic carbocycles. The van der Waals surface area contributed by atoms with Crippen molar-refractivity contribution in [1.82, 2.24) is 16.0 Å². The van der Waals surface area contributed by atoms with E-state index in [2.05, 4.69) is 45.2 Å². The summed E-state index contributed by atoms with van der Waals surface area (Å²) in [5, 5.41) is 8.80. The van der Waals surface area contributed by atoms with E-state index in [4.69, 9.17) is 10.5 Å². The molecule has 0 saturated carbocycles. The number of benzene rings is 2. The van der Waals surface area contributed by atoms with E-state index >= 15 is 0 Å². The van der Waals surface area contributed by atoms with E-state index in [0.717, 1.165) is 36.1 Å². The third-order valence-corrected chi connectivity index (χ3v) is 8.70. The molecule has 256 valence electrons. The molecular formula is C37H53N5O5. The van der Waals surface area contributed by atoms with Crippen LogP contribution in [0.3, 0.4) is 0 Å². The zero-order valence-electron chi connectivity index (χ0n) is 28.3. The Morgan fingerprint density at radius 1 is 0.766 bits per heavy atom. The van der Waals surface area contributed by atoms with Crippen LogP contribution in [-0.2, 0) is 30.5 Å². The lowest BCUT2D eigenvalue weighted by Gasteiger charge is -2.24. The van der Waals surface area contributed by atoms with Crippen LogP contribution < -0.4 is 21.7 Å². The second kappa shape index (κ2) is 20.2. The Morgan fingerprint density at radius 2 is 1.38 bits per heavy atom. The molecule has 5 N–H and O–H groups in total. The highest BCUT2D eigenvalue weighted by Gasteiger charge is 2.31. The van der Waals surface area contributed by atoms with Crippen LogP contribution in [0.4, 0.5) is 0 Å².